The Morgan fingerprint density at radius 3 is 2.72 bits per heavy atom. The van der Waals surface area contributed by atoms with E-state index in [9.17, 15) is 5.11 Å². The fraction of sp³-hybridized carbons (Fsp3) is 0.500. The number of benzene rings is 1. The molecule has 0 saturated carbocycles. The van der Waals surface area contributed by atoms with Crippen LogP contribution in [0.4, 0.5) is 0 Å². The number of aliphatic hydroxyl groups excluding tert-OH is 1. The lowest BCUT2D eigenvalue weighted by molar-refractivity contribution is 0.0954. The largest absolute Gasteiger partial charge is 0.478 e. The summed E-state index contributed by atoms with van der Waals surface area (Å²) in [7, 11) is 0. The van der Waals surface area contributed by atoms with Crippen molar-refractivity contribution in [2.45, 2.75) is 39.0 Å². The predicted molar refractivity (Wildman–Crippen MR) is 70.1 cm³/mol. The Morgan fingerprint density at radius 2 is 2.11 bits per heavy atom. The first-order chi connectivity index (χ1) is 8.47. The average molecular weight is 248 g/mol. The summed E-state index contributed by atoms with van der Waals surface area (Å²) in [6.45, 7) is 6.26. The van der Waals surface area contributed by atoms with Gasteiger partial charge in [0.2, 0.25) is 0 Å². The van der Waals surface area contributed by atoms with Gasteiger partial charge < -0.3 is 15.2 Å². The minimum absolute atomic E-state index is 0.0385. The minimum Gasteiger partial charge on any atom is -0.478 e. The van der Waals surface area contributed by atoms with Gasteiger partial charge in [-0.1, -0.05) is 18.2 Å². The monoisotopic (exact) mass is 248 g/mol. The first-order valence-corrected chi connectivity index (χ1v) is 5.98. The molecule has 4 heteroatoms. The maximum atomic E-state index is 9.63. The molecule has 0 radical (unpaired) electrons. The van der Waals surface area contributed by atoms with Gasteiger partial charge in [-0.15, -0.1) is 0 Å². The average Bonchev–Trinajstić information content (AvgIpc) is 2.34. The van der Waals surface area contributed by atoms with Crippen LogP contribution < -0.4 is 10.1 Å². The van der Waals surface area contributed by atoms with Crippen molar-refractivity contribution < 1.29 is 9.84 Å². The summed E-state index contributed by atoms with van der Waals surface area (Å²) < 4.78 is 5.35. The van der Waals surface area contributed by atoms with Crippen molar-refractivity contribution in [2.75, 3.05) is 6.61 Å². The first kappa shape index (κ1) is 14.5. The van der Waals surface area contributed by atoms with Gasteiger partial charge in [0, 0.05) is 17.6 Å². The quantitative estimate of drug-likeness (QED) is 0.806. The lowest BCUT2D eigenvalue weighted by Gasteiger charge is -2.29. The van der Waals surface area contributed by atoms with Gasteiger partial charge in [-0.05, 0) is 26.8 Å². The Kier molecular flexibility index (Phi) is 5.14. The molecule has 0 bridgehead atoms. The fourth-order valence-corrected chi connectivity index (χ4v) is 1.37. The maximum Gasteiger partial charge on any atom is 0.174 e. The number of rotatable bonds is 6. The smallest absolute Gasteiger partial charge is 0.174 e. The normalized spacial score (nSPS) is 12.8. The number of hydrogen-bond acceptors (Lipinski definition) is 4. The van der Waals surface area contributed by atoms with E-state index in [0.29, 0.717) is 12.3 Å². The Hall–Kier alpha value is -1.57. The fourth-order valence-electron chi connectivity index (χ4n) is 1.37. The molecule has 0 saturated heterocycles. The van der Waals surface area contributed by atoms with Crippen LogP contribution in [0, 0.1) is 11.3 Å². The summed E-state index contributed by atoms with van der Waals surface area (Å²) in [5.74, 6) is 0.702. The van der Waals surface area contributed by atoms with Gasteiger partial charge in [0.25, 0.3) is 0 Å². The van der Waals surface area contributed by atoms with Crippen molar-refractivity contribution in [3.63, 3.8) is 0 Å². The molecule has 2 N–H and O–H groups in total. The molecule has 0 heterocycles. The summed E-state index contributed by atoms with van der Waals surface area (Å²) in [4.78, 5) is 0. The molecule has 1 unspecified atom stereocenters. The van der Waals surface area contributed by atoms with Gasteiger partial charge in [0.15, 0.2) is 6.61 Å². The molecule has 98 valence electrons. The highest BCUT2D eigenvalue weighted by molar-refractivity contribution is 5.33. The van der Waals surface area contributed by atoms with E-state index in [4.69, 9.17) is 10.00 Å². The van der Waals surface area contributed by atoms with Crippen molar-refractivity contribution in [3.8, 4) is 11.8 Å². The van der Waals surface area contributed by atoms with Crippen LogP contribution >= 0.6 is 0 Å². The van der Waals surface area contributed by atoms with E-state index < -0.39 is 6.10 Å². The summed E-state index contributed by atoms with van der Waals surface area (Å²) in [6, 6.07) is 9.52. The third-order valence-electron chi connectivity index (χ3n) is 3.04. The Morgan fingerprint density at radius 1 is 1.44 bits per heavy atom. The number of ether oxygens (including phenoxy) is 1. The molecular weight excluding hydrogens is 228 g/mol. The summed E-state index contributed by atoms with van der Waals surface area (Å²) in [5, 5.41) is 21.4. The second kappa shape index (κ2) is 6.39. The molecule has 1 rings (SSSR count). The van der Waals surface area contributed by atoms with Crippen molar-refractivity contribution in [2.24, 2.45) is 0 Å². The Labute approximate surface area is 108 Å². The Balaban J connectivity index is 2.70. The van der Waals surface area contributed by atoms with Crippen LogP contribution in [0.25, 0.3) is 0 Å². The highest BCUT2D eigenvalue weighted by Crippen LogP contribution is 2.19. The number of nitriles is 1. The van der Waals surface area contributed by atoms with Gasteiger partial charge in [-0.2, -0.15) is 5.26 Å². The molecule has 18 heavy (non-hydrogen) atoms. The van der Waals surface area contributed by atoms with E-state index in [2.05, 4.69) is 5.32 Å². The molecular formula is C14H20N2O2. The van der Waals surface area contributed by atoms with Gasteiger partial charge in [-0.3, -0.25) is 0 Å². The zero-order valence-electron chi connectivity index (χ0n) is 11.1. The summed E-state index contributed by atoms with van der Waals surface area (Å²) >= 11 is 0. The molecule has 0 fully saturated rings. The molecule has 0 aliphatic rings. The van der Waals surface area contributed by atoms with Gasteiger partial charge in [-0.25, -0.2) is 0 Å². The third-order valence-corrected chi connectivity index (χ3v) is 3.04. The van der Waals surface area contributed by atoms with E-state index in [1.54, 1.807) is 6.92 Å². The van der Waals surface area contributed by atoms with Crippen molar-refractivity contribution >= 4 is 0 Å². The van der Waals surface area contributed by atoms with Crippen LogP contribution in [0.3, 0.4) is 0 Å². The Bertz CT molecular complexity index is 422. The van der Waals surface area contributed by atoms with Crippen LogP contribution in [-0.4, -0.2) is 23.4 Å². The first-order valence-electron chi connectivity index (χ1n) is 5.98. The lowest BCUT2D eigenvalue weighted by Crippen LogP contribution is -2.47. The molecule has 4 nitrogen and oxygen atoms in total. The van der Waals surface area contributed by atoms with Crippen LogP contribution in [0.5, 0.6) is 5.75 Å². The van der Waals surface area contributed by atoms with E-state index in [1.165, 1.54) is 0 Å². The molecule has 0 aromatic heterocycles. The van der Waals surface area contributed by atoms with E-state index >= 15 is 0 Å². The molecule has 0 aliphatic heterocycles. The van der Waals surface area contributed by atoms with Gasteiger partial charge >= 0.3 is 0 Å². The van der Waals surface area contributed by atoms with Crippen LogP contribution in [0.1, 0.15) is 26.3 Å². The second-order valence-electron chi connectivity index (χ2n) is 4.81. The zero-order chi connectivity index (χ0) is 13.6. The van der Waals surface area contributed by atoms with Crippen LogP contribution in [0.15, 0.2) is 24.3 Å². The van der Waals surface area contributed by atoms with Crippen molar-refractivity contribution in [1.29, 1.82) is 5.26 Å². The highest BCUT2D eigenvalue weighted by atomic mass is 16.5. The molecule has 1 aromatic carbocycles. The van der Waals surface area contributed by atoms with E-state index in [-0.39, 0.29) is 12.1 Å². The number of nitrogens with one attached hydrogen (secondary N) is 1. The maximum absolute atomic E-state index is 9.63. The summed E-state index contributed by atoms with van der Waals surface area (Å²) in [5.41, 5.74) is 0.601. The molecule has 0 amide bonds. The van der Waals surface area contributed by atoms with E-state index in [0.717, 1.165) is 5.56 Å². The van der Waals surface area contributed by atoms with Crippen molar-refractivity contribution in [1.82, 2.24) is 5.32 Å². The number of hydrogen-bond donors (Lipinski definition) is 2. The van der Waals surface area contributed by atoms with Crippen LogP contribution in [-0.2, 0) is 6.54 Å². The van der Waals surface area contributed by atoms with Crippen molar-refractivity contribution in [3.05, 3.63) is 29.8 Å². The zero-order valence-corrected chi connectivity index (χ0v) is 11.1. The highest BCUT2D eigenvalue weighted by Gasteiger charge is 2.23. The predicted octanol–water partition coefficient (Wildman–Crippen LogP) is 1.84. The van der Waals surface area contributed by atoms with Gasteiger partial charge in [0.1, 0.15) is 11.8 Å². The molecule has 0 aliphatic carbocycles. The topological polar surface area (TPSA) is 65.3 Å². The summed E-state index contributed by atoms with van der Waals surface area (Å²) in [6.07, 6.45) is -0.454. The number of aliphatic hydroxyl groups is 1. The number of nitrogens with zero attached hydrogens (tertiary/aromatic N) is 1. The minimum atomic E-state index is -0.454. The number of para-hydroxylation sites is 1. The van der Waals surface area contributed by atoms with Crippen LogP contribution in [0.2, 0.25) is 0 Å². The van der Waals surface area contributed by atoms with E-state index in [1.807, 2.05) is 44.2 Å². The standard InChI is InChI=1S/C14H20N2O2/c1-11(17)14(2,3)16-10-12-6-4-5-7-13(12)18-9-8-15/h4-7,11,16-17H,9-10H2,1-3H3. The van der Waals surface area contributed by atoms with Gasteiger partial charge in [0.05, 0.1) is 6.10 Å². The lowest BCUT2D eigenvalue weighted by atomic mass is 9.98. The second-order valence-corrected chi connectivity index (χ2v) is 4.81. The molecule has 1 aromatic rings. The molecule has 1 atom stereocenters. The SMILES string of the molecule is CC(O)C(C)(C)NCc1ccccc1OCC#N. The molecule has 0 spiro atoms. The third kappa shape index (κ3) is 4.02.